The van der Waals surface area contributed by atoms with Crippen LogP contribution in [0.4, 0.5) is 0 Å². The second kappa shape index (κ2) is 10.9. The van der Waals surface area contributed by atoms with Crippen molar-refractivity contribution in [3.8, 4) is 0 Å². The minimum absolute atomic E-state index is 0.0385. The monoisotopic (exact) mass is 438 g/mol. The Morgan fingerprint density at radius 3 is 2.40 bits per heavy atom. The number of nitrogens with zero attached hydrogens (tertiary/aromatic N) is 3. The van der Waals surface area contributed by atoms with Crippen LogP contribution in [0.1, 0.15) is 19.4 Å². The lowest BCUT2D eigenvalue weighted by atomic mass is 10.1. The van der Waals surface area contributed by atoms with Crippen LogP contribution in [-0.2, 0) is 25.7 Å². The van der Waals surface area contributed by atoms with Gasteiger partial charge in [-0.05, 0) is 18.6 Å². The molecule has 3 amide bonds. The van der Waals surface area contributed by atoms with Gasteiger partial charge in [0, 0.05) is 44.7 Å². The topological polar surface area (TPSA) is 110 Å². The predicted molar refractivity (Wildman–Crippen MR) is 111 cm³/mol. The first-order chi connectivity index (χ1) is 14.2. The molecule has 1 aromatic rings. The first-order valence-corrected chi connectivity index (χ1v) is 10.1. The smallest absolute Gasteiger partial charge is 0.300 e. The first-order valence-electron chi connectivity index (χ1n) is 9.70. The van der Waals surface area contributed by atoms with Crippen molar-refractivity contribution in [1.29, 1.82) is 0 Å². The van der Waals surface area contributed by atoms with Crippen LogP contribution >= 0.6 is 11.6 Å². The lowest BCUT2D eigenvalue weighted by molar-refractivity contribution is -0.158. The largest absolute Gasteiger partial charge is 0.481 e. The molecule has 2 aliphatic heterocycles. The van der Waals surface area contributed by atoms with Gasteiger partial charge in [0.05, 0.1) is 0 Å². The Balaban J connectivity index is 0.000000735. The maximum Gasteiger partial charge on any atom is 0.300 e. The summed E-state index contributed by atoms with van der Waals surface area (Å²) in [7, 11) is 0. The minimum atomic E-state index is -0.833. The number of benzene rings is 1. The molecule has 1 aromatic carbocycles. The van der Waals surface area contributed by atoms with Gasteiger partial charge in [-0.1, -0.05) is 29.8 Å². The van der Waals surface area contributed by atoms with E-state index in [9.17, 15) is 14.4 Å². The number of piperazine rings is 2. The van der Waals surface area contributed by atoms with Gasteiger partial charge in [-0.2, -0.15) is 0 Å². The molecule has 9 nitrogen and oxygen atoms in total. The van der Waals surface area contributed by atoms with E-state index >= 15 is 0 Å². The van der Waals surface area contributed by atoms with Crippen molar-refractivity contribution in [3.05, 3.63) is 34.9 Å². The summed E-state index contributed by atoms with van der Waals surface area (Å²) in [6.45, 7) is 5.70. The lowest BCUT2D eigenvalue weighted by Gasteiger charge is -2.39. The van der Waals surface area contributed by atoms with Gasteiger partial charge in [0.15, 0.2) is 0 Å². The number of nitrogens with one attached hydrogen (secondary N) is 1. The summed E-state index contributed by atoms with van der Waals surface area (Å²) < 4.78 is 0. The van der Waals surface area contributed by atoms with Crippen LogP contribution in [0.3, 0.4) is 0 Å². The van der Waals surface area contributed by atoms with Gasteiger partial charge in [-0.25, -0.2) is 0 Å². The van der Waals surface area contributed by atoms with E-state index < -0.39 is 12.0 Å². The van der Waals surface area contributed by atoms with Crippen molar-refractivity contribution < 1.29 is 24.3 Å². The fourth-order valence-corrected chi connectivity index (χ4v) is 3.49. The van der Waals surface area contributed by atoms with Crippen LogP contribution in [0.5, 0.6) is 0 Å². The molecule has 0 unspecified atom stereocenters. The third-order valence-electron chi connectivity index (χ3n) is 4.88. The number of carbonyl (C=O) groups is 4. The van der Waals surface area contributed by atoms with Crippen LogP contribution in [-0.4, -0.2) is 88.8 Å². The molecule has 0 radical (unpaired) electrons. The van der Waals surface area contributed by atoms with Gasteiger partial charge >= 0.3 is 0 Å². The molecule has 0 bridgehead atoms. The first kappa shape index (κ1) is 23.6. The number of carbonyl (C=O) groups excluding carboxylic acids is 3. The molecule has 164 valence electrons. The summed E-state index contributed by atoms with van der Waals surface area (Å²) in [5.41, 5.74) is 0.799. The third kappa shape index (κ3) is 6.43. The number of carboxylic acids is 1. The highest BCUT2D eigenvalue weighted by molar-refractivity contribution is 6.31. The van der Waals surface area contributed by atoms with Crippen LogP contribution < -0.4 is 5.32 Å². The Hall–Kier alpha value is -2.65. The molecule has 2 heterocycles. The molecule has 0 aliphatic carbocycles. The van der Waals surface area contributed by atoms with E-state index in [1.165, 1.54) is 9.80 Å². The van der Waals surface area contributed by atoms with Gasteiger partial charge < -0.3 is 25.1 Å². The Labute approximate surface area is 180 Å². The Bertz CT molecular complexity index is 793. The van der Waals surface area contributed by atoms with Crippen LogP contribution in [0.2, 0.25) is 5.02 Å². The van der Waals surface area contributed by atoms with Crippen molar-refractivity contribution in [2.75, 3.05) is 39.3 Å². The fraction of sp³-hybridized carbons (Fsp3) is 0.500. The predicted octanol–water partition coefficient (Wildman–Crippen LogP) is 0.422. The normalized spacial score (nSPS) is 19.3. The second-order valence-corrected chi connectivity index (χ2v) is 7.54. The highest BCUT2D eigenvalue weighted by Gasteiger charge is 2.38. The quantitative estimate of drug-likeness (QED) is 0.705. The number of hydrogen-bond donors (Lipinski definition) is 2. The standard InChI is InChI=1S/C18H23ClN4O3.C2H4O2/c1-13-18(26)22(10-14-4-2-3-5-15(14)19)11-17(25)23(13)12-16(24)21-8-6-20-7-9-21;1-2(3)4/h2-5,13,20H,6-12H2,1H3;1H3,(H,3,4)/t13-;/m0./s1. The molecule has 30 heavy (non-hydrogen) atoms. The molecule has 10 heteroatoms. The zero-order valence-electron chi connectivity index (χ0n) is 17.1. The lowest BCUT2D eigenvalue weighted by Crippen LogP contribution is -2.61. The Morgan fingerprint density at radius 1 is 1.20 bits per heavy atom. The third-order valence-corrected chi connectivity index (χ3v) is 5.25. The fourth-order valence-electron chi connectivity index (χ4n) is 3.30. The van der Waals surface area contributed by atoms with Crippen molar-refractivity contribution in [3.63, 3.8) is 0 Å². The minimum Gasteiger partial charge on any atom is -0.481 e. The highest BCUT2D eigenvalue weighted by Crippen LogP contribution is 2.20. The summed E-state index contributed by atoms with van der Waals surface area (Å²) in [5.74, 6) is -1.33. The molecule has 2 N–H and O–H groups in total. The van der Waals surface area contributed by atoms with E-state index in [2.05, 4.69) is 5.32 Å². The number of amides is 3. The number of aliphatic carboxylic acids is 1. The summed E-state index contributed by atoms with van der Waals surface area (Å²) >= 11 is 6.16. The Kier molecular flexibility index (Phi) is 8.61. The van der Waals surface area contributed by atoms with Crippen molar-refractivity contribution >= 4 is 35.3 Å². The molecular formula is C20H27ClN4O5. The maximum absolute atomic E-state index is 12.7. The van der Waals surface area contributed by atoms with E-state index in [0.717, 1.165) is 25.6 Å². The Morgan fingerprint density at radius 2 is 1.80 bits per heavy atom. The zero-order valence-corrected chi connectivity index (χ0v) is 17.9. The van der Waals surface area contributed by atoms with Crippen molar-refractivity contribution in [2.45, 2.75) is 26.4 Å². The molecule has 0 aromatic heterocycles. The van der Waals surface area contributed by atoms with Crippen LogP contribution in [0.25, 0.3) is 0 Å². The molecule has 3 rings (SSSR count). The molecule has 0 saturated carbocycles. The second-order valence-electron chi connectivity index (χ2n) is 7.13. The average Bonchev–Trinajstić information content (AvgIpc) is 2.71. The van der Waals surface area contributed by atoms with Gasteiger partial charge in [-0.15, -0.1) is 0 Å². The SMILES string of the molecule is CC(=O)O.C[C@H]1C(=O)N(Cc2ccccc2Cl)CC(=O)N1CC(=O)N1CCNCC1. The zero-order chi connectivity index (χ0) is 22.3. The summed E-state index contributed by atoms with van der Waals surface area (Å²) in [6, 6.07) is 6.60. The van der Waals surface area contributed by atoms with Gasteiger partial charge in [0.2, 0.25) is 17.7 Å². The number of halogens is 1. The van der Waals surface area contributed by atoms with Gasteiger partial charge in [0.25, 0.3) is 5.97 Å². The van der Waals surface area contributed by atoms with E-state index in [4.69, 9.17) is 21.5 Å². The van der Waals surface area contributed by atoms with E-state index in [1.54, 1.807) is 17.9 Å². The van der Waals surface area contributed by atoms with E-state index in [1.807, 2.05) is 18.2 Å². The number of carboxylic acid groups (broad SMARTS) is 1. The molecule has 1 atom stereocenters. The van der Waals surface area contributed by atoms with Gasteiger partial charge in [-0.3, -0.25) is 19.2 Å². The maximum atomic E-state index is 12.7. The van der Waals surface area contributed by atoms with E-state index in [-0.39, 0.29) is 37.4 Å². The summed E-state index contributed by atoms with van der Waals surface area (Å²) in [6.07, 6.45) is 0. The summed E-state index contributed by atoms with van der Waals surface area (Å²) in [5, 5.41) is 11.2. The highest BCUT2D eigenvalue weighted by atomic mass is 35.5. The average molecular weight is 439 g/mol. The molecular weight excluding hydrogens is 412 g/mol. The molecule has 0 spiro atoms. The van der Waals surface area contributed by atoms with Crippen molar-refractivity contribution in [1.82, 2.24) is 20.0 Å². The van der Waals surface area contributed by atoms with Crippen LogP contribution in [0.15, 0.2) is 24.3 Å². The van der Waals surface area contributed by atoms with Crippen molar-refractivity contribution in [2.24, 2.45) is 0 Å². The molecule has 2 aliphatic rings. The number of hydrogen-bond acceptors (Lipinski definition) is 5. The molecule has 2 fully saturated rings. The van der Waals surface area contributed by atoms with E-state index in [0.29, 0.717) is 18.1 Å². The number of rotatable bonds is 4. The molecule has 2 saturated heterocycles. The van der Waals surface area contributed by atoms with Crippen LogP contribution in [0, 0.1) is 0 Å². The summed E-state index contributed by atoms with van der Waals surface area (Å²) in [4.78, 5) is 51.3. The van der Waals surface area contributed by atoms with Gasteiger partial charge in [0.1, 0.15) is 19.1 Å².